The molecule has 0 amide bonds. The largest absolute Gasteiger partial charge is 0.463 e. The summed E-state index contributed by atoms with van der Waals surface area (Å²) in [6.07, 6.45) is 1.65. The van der Waals surface area contributed by atoms with Crippen LogP contribution in [0.15, 0.2) is 91.0 Å². The fourth-order valence-corrected chi connectivity index (χ4v) is 4.58. The lowest BCUT2D eigenvalue weighted by molar-refractivity contribution is -0.137. The van der Waals surface area contributed by atoms with Crippen molar-refractivity contribution in [2.75, 3.05) is 6.61 Å². The Kier molecular flexibility index (Phi) is 4.79. The molecule has 0 aliphatic heterocycles. The van der Waals surface area contributed by atoms with E-state index < -0.39 is 0 Å². The number of allylic oxidation sites excluding steroid dienone is 2. The van der Waals surface area contributed by atoms with Gasteiger partial charge in [-0.15, -0.1) is 0 Å². The zero-order chi connectivity index (χ0) is 21.4. The summed E-state index contributed by atoms with van der Waals surface area (Å²) < 4.78 is 7.50. The molecule has 0 saturated heterocycles. The molecule has 0 atom stereocenters. The molecule has 0 unspecified atom stereocenters. The van der Waals surface area contributed by atoms with Crippen molar-refractivity contribution in [3.05, 3.63) is 113 Å². The van der Waals surface area contributed by atoms with Gasteiger partial charge in [0.1, 0.15) is 0 Å². The van der Waals surface area contributed by atoms with Gasteiger partial charge in [-0.05, 0) is 29.7 Å². The quantitative estimate of drug-likeness (QED) is 0.304. The summed E-state index contributed by atoms with van der Waals surface area (Å²) in [5.41, 5.74) is 8.68. The molecule has 1 aliphatic carbocycles. The van der Waals surface area contributed by atoms with E-state index in [0.717, 1.165) is 39.1 Å². The first kappa shape index (κ1) is 19.1. The number of aromatic nitrogens is 1. The summed E-state index contributed by atoms with van der Waals surface area (Å²) in [7, 11) is 2.07. The van der Waals surface area contributed by atoms with E-state index in [9.17, 15) is 4.79 Å². The van der Waals surface area contributed by atoms with Crippen LogP contribution < -0.4 is 0 Å². The number of benzene rings is 3. The number of fused-ring (bicyclic) bond motifs is 3. The van der Waals surface area contributed by atoms with Crippen molar-refractivity contribution in [3.8, 4) is 0 Å². The maximum atomic E-state index is 12.6. The minimum Gasteiger partial charge on any atom is -0.463 e. The molecule has 0 N–H and O–H groups in total. The van der Waals surface area contributed by atoms with E-state index in [-0.39, 0.29) is 5.97 Å². The predicted molar refractivity (Wildman–Crippen MR) is 126 cm³/mol. The van der Waals surface area contributed by atoms with Crippen molar-refractivity contribution in [1.29, 1.82) is 0 Å². The highest BCUT2D eigenvalue weighted by molar-refractivity contribution is 6.29. The second-order valence-electron chi connectivity index (χ2n) is 7.59. The Labute approximate surface area is 181 Å². The van der Waals surface area contributed by atoms with Crippen molar-refractivity contribution in [1.82, 2.24) is 4.57 Å². The number of nitrogens with zero attached hydrogens (tertiary/aromatic N) is 1. The van der Waals surface area contributed by atoms with E-state index in [2.05, 4.69) is 72.3 Å². The highest BCUT2D eigenvalue weighted by atomic mass is 16.5. The molecule has 1 aromatic heterocycles. The zero-order valence-electron chi connectivity index (χ0n) is 17.6. The summed E-state index contributed by atoms with van der Waals surface area (Å²) in [6, 6.07) is 29.1. The topological polar surface area (TPSA) is 31.2 Å². The molecular formula is C28H23NO2. The number of esters is 1. The molecule has 1 aliphatic rings. The predicted octanol–water partition coefficient (Wildman–Crippen LogP) is 6.10. The first-order valence-corrected chi connectivity index (χ1v) is 10.5. The van der Waals surface area contributed by atoms with Gasteiger partial charge in [0.2, 0.25) is 0 Å². The Bertz CT molecular complexity index is 1340. The molecule has 0 saturated carbocycles. The lowest BCUT2D eigenvalue weighted by Gasteiger charge is -2.13. The van der Waals surface area contributed by atoms with Crippen molar-refractivity contribution in [2.24, 2.45) is 7.05 Å². The van der Waals surface area contributed by atoms with Gasteiger partial charge in [-0.1, -0.05) is 78.9 Å². The number of carbonyl (C=O) groups is 1. The first-order chi connectivity index (χ1) is 15.2. The minimum absolute atomic E-state index is 0.323. The lowest BCUT2D eigenvalue weighted by Crippen LogP contribution is -2.03. The Hall–Kier alpha value is -3.85. The van der Waals surface area contributed by atoms with Crippen LogP contribution >= 0.6 is 0 Å². The van der Waals surface area contributed by atoms with Crippen LogP contribution in [0, 0.1) is 0 Å². The van der Waals surface area contributed by atoms with Gasteiger partial charge in [-0.25, -0.2) is 4.79 Å². The molecule has 31 heavy (non-hydrogen) atoms. The van der Waals surface area contributed by atoms with E-state index in [1.807, 2.05) is 31.2 Å². The Morgan fingerprint density at radius 1 is 0.839 bits per heavy atom. The van der Waals surface area contributed by atoms with E-state index >= 15 is 0 Å². The van der Waals surface area contributed by atoms with Gasteiger partial charge < -0.3 is 9.30 Å². The van der Waals surface area contributed by atoms with Gasteiger partial charge in [-0.2, -0.15) is 0 Å². The highest BCUT2D eigenvalue weighted by Crippen LogP contribution is 2.52. The van der Waals surface area contributed by atoms with Crippen LogP contribution in [-0.4, -0.2) is 17.1 Å². The van der Waals surface area contributed by atoms with Crippen molar-refractivity contribution in [2.45, 2.75) is 6.92 Å². The molecule has 5 rings (SSSR count). The zero-order valence-corrected chi connectivity index (χ0v) is 17.6. The van der Waals surface area contributed by atoms with Gasteiger partial charge in [0.25, 0.3) is 0 Å². The van der Waals surface area contributed by atoms with Crippen LogP contribution in [0.4, 0.5) is 0 Å². The van der Waals surface area contributed by atoms with Crippen LogP contribution in [0.5, 0.6) is 0 Å². The normalized spacial score (nSPS) is 14.3. The summed E-state index contributed by atoms with van der Waals surface area (Å²) in [4.78, 5) is 12.6. The average molecular weight is 405 g/mol. The van der Waals surface area contributed by atoms with Crippen LogP contribution in [0.3, 0.4) is 0 Å². The van der Waals surface area contributed by atoms with Gasteiger partial charge in [0.05, 0.1) is 12.3 Å². The standard InChI is InChI=1S/C28H23NO2/c1-3-31-24(30)18-22-25(19-12-6-4-7-13-19)26(20-14-8-5-9-15-20)27-21-16-10-11-17-23(21)29(2)28(22)27/h4-18H,3H2,1-2H3/b22-18-. The molecule has 3 heteroatoms. The summed E-state index contributed by atoms with van der Waals surface area (Å²) >= 11 is 0. The van der Waals surface area contributed by atoms with Gasteiger partial charge in [0, 0.05) is 40.7 Å². The lowest BCUT2D eigenvalue weighted by atomic mass is 9.92. The third-order valence-electron chi connectivity index (χ3n) is 5.81. The van der Waals surface area contributed by atoms with Crippen molar-refractivity contribution >= 4 is 33.6 Å². The third kappa shape index (κ3) is 3.10. The number of aryl methyl sites for hydroxylation is 1. The minimum atomic E-state index is -0.323. The first-order valence-electron chi connectivity index (χ1n) is 10.5. The fraction of sp³-hybridized carbons (Fsp3) is 0.107. The maximum Gasteiger partial charge on any atom is 0.331 e. The SMILES string of the molecule is CCOC(=O)/C=C1/C(c2ccccc2)=C(c2ccccc2)c2c1n(C)c1ccccc21. The number of ether oxygens (including phenoxy) is 1. The van der Waals surface area contributed by atoms with Crippen molar-refractivity contribution in [3.63, 3.8) is 0 Å². The van der Waals surface area contributed by atoms with Crippen LogP contribution in [-0.2, 0) is 16.6 Å². The van der Waals surface area contributed by atoms with E-state index in [4.69, 9.17) is 4.74 Å². The van der Waals surface area contributed by atoms with Crippen molar-refractivity contribution < 1.29 is 9.53 Å². The summed E-state index contributed by atoms with van der Waals surface area (Å²) in [5.74, 6) is -0.323. The number of carbonyl (C=O) groups excluding carboxylic acids is 1. The Morgan fingerprint density at radius 3 is 2.06 bits per heavy atom. The molecule has 0 bridgehead atoms. The van der Waals surface area contributed by atoms with E-state index in [1.165, 1.54) is 10.9 Å². The molecule has 3 aromatic carbocycles. The number of rotatable bonds is 4. The summed E-state index contributed by atoms with van der Waals surface area (Å²) in [6.45, 7) is 2.18. The Morgan fingerprint density at radius 2 is 1.42 bits per heavy atom. The molecule has 0 fully saturated rings. The number of hydrogen-bond acceptors (Lipinski definition) is 2. The van der Waals surface area contributed by atoms with Crippen LogP contribution in [0.1, 0.15) is 29.3 Å². The molecule has 0 radical (unpaired) electrons. The molecule has 4 aromatic rings. The van der Waals surface area contributed by atoms with Gasteiger partial charge in [-0.3, -0.25) is 0 Å². The average Bonchev–Trinajstić information content (AvgIpc) is 3.29. The molecule has 152 valence electrons. The second kappa shape index (κ2) is 7.77. The third-order valence-corrected chi connectivity index (χ3v) is 5.81. The fourth-order valence-electron chi connectivity index (χ4n) is 4.58. The van der Waals surface area contributed by atoms with Crippen LogP contribution in [0.25, 0.3) is 27.6 Å². The Balaban J connectivity index is 1.93. The van der Waals surface area contributed by atoms with Crippen LogP contribution in [0.2, 0.25) is 0 Å². The molecule has 0 spiro atoms. The molecule has 1 heterocycles. The molecular weight excluding hydrogens is 382 g/mol. The second-order valence-corrected chi connectivity index (χ2v) is 7.59. The molecule has 3 nitrogen and oxygen atoms in total. The van der Waals surface area contributed by atoms with E-state index in [1.54, 1.807) is 6.08 Å². The summed E-state index contributed by atoms with van der Waals surface area (Å²) in [5, 5.41) is 1.18. The van der Waals surface area contributed by atoms with Gasteiger partial charge in [0.15, 0.2) is 0 Å². The number of hydrogen-bond donors (Lipinski definition) is 0. The monoisotopic (exact) mass is 405 g/mol. The van der Waals surface area contributed by atoms with E-state index in [0.29, 0.717) is 6.61 Å². The number of para-hydroxylation sites is 1. The smallest absolute Gasteiger partial charge is 0.331 e. The van der Waals surface area contributed by atoms with Gasteiger partial charge >= 0.3 is 5.97 Å². The maximum absolute atomic E-state index is 12.6. The highest BCUT2D eigenvalue weighted by Gasteiger charge is 2.34.